The van der Waals surface area contributed by atoms with Crippen LogP contribution in [0.2, 0.25) is 0 Å². The summed E-state index contributed by atoms with van der Waals surface area (Å²) in [5.74, 6) is 6.33. The van der Waals surface area contributed by atoms with Crippen molar-refractivity contribution in [3.63, 3.8) is 0 Å². The molecule has 4 nitrogen and oxygen atoms in total. The minimum Gasteiger partial charge on any atom is -0.496 e. The third kappa shape index (κ3) is 4.91. The quantitative estimate of drug-likeness (QED) is 0.344. The molecule has 0 fully saturated rings. The molecule has 1 rings (SSSR count). The van der Waals surface area contributed by atoms with Crippen LogP contribution in [0.15, 0.2) is 18.2 Å². The first-order chi connectivity index (χ1) is 9.08. The lowest BCUT2D eigenvalue weighted by atomic mass is 9.97. The molecule has 0 saturated heterocycles. The molecule has 0 aliphatic rings. The smallest absolute Gasteiger partial charge is 0.233 e. The summed E-state index contributed by atoms with van der Waals surface area (Å²) in [6, 6.07) is 6.32. The molecule has 0 aromatic heterocycles. The van der Waals surface area contributed by atoms with Crippen LogP contribution in [-0.2, 0) is 11.2 Å². The first kappa shape index (κ1) is 15.5. The number of amides is 1. The largest absolute Gasteiger partial charge is 0.496 e. The van der Waals surface area contributed by atoms with Gasteiger partial charge in [0.05, 0.1) is 7.11 Å². The van der Waals surface area contributed by atoms with E-state index in [0.717, 1.165) is 25.0 Å². The SMILES string of the molecule is COc1ccc(CCCCC(=O)NN)cc1C(C)C. The molecule has 0 saturated carbocycles. The fourth-order valence-corrected chi connectivity index (χ4v) is 2.08. The standard InChI is InChI=1S/C15H24N2O2/c1-11(2)13-10-12(8-9-14(13)19-3)6-4-5-7-15(18)17-16/h8-11H,4-7,16H2,1-3H3,(H,17,18). The second-order valence-electron chi connectivity index (χ2n) is 5.01. The lowest BCUT2D eigenvalue weighted by Crippen LogP contribution is -2.29. The molecule has 0 radical (unpaired) electrons. The van der Waals surface area contributed by atoms with Crippen LogP contribution < -0.4 is 16.0 Å². The van der Waals surface area contributed by atoms with Crippen molar-refractivity contribution in [1.29, 1.82) is 0 Å². The Morgan fingerprint density at radius 1 is 1.37 bits per heavy atom. The number of nitrogens with one attached hydrogen (secondary N) is 1. The summed E-state index contributed by atoms with van der Waals surface area (Å²) in [6.45, 7) is 4.32. The fourth-order valence-electron chi connectivity index (χ4n) is 2.08. The van der Waals surface area contributed by atoms with Gasteiger partial charge in [-0.1, -0.05) is 26.0 Å². The van der Waals surface area contributed by atoms with E-state index in [2.05, 4.69) is 31.4 Å². The van der Waals surface area contributed by atoms with E-state index < -0.39 is 0 Å². The molecular weight excluding hydrogens is 240 g/mol. The van der Waals surface area contributed by atoms with Crippen LogP contribution in [-0.4, -0.2) is 13.0 Å². The Hall–Kier alpha value is -1.55. The van der Waals surface area contributed by atoms with E-state index in [9.17, 15) is 4.79 Å². The van der Waals surface area contributed by atoms with Gasteiger partial charge in [0, 0.05) is 6.42 Å². The number of hydrogen-bond donors (Lipinski definition) is 2. The van der Waals surface area contributed by atoms with Gasteiger partial charge in [0.15, 0.2) is 0 Å². The first-order valence-corrected chi connectivity index (χ1v) is 6.74. The Labute approximate surface area is 115 Å². The van der Waals surface area contributed by atoms with E-state index in [-0.39, 0.29) is 5.91 Å². The average molecular weight is 264 g/mol. The highest BCUT2D eigenvalue weighted by atomic mass is 16.5. The van der Waals surface area contributed by atoms with E-state index in [4.69, 9.17) is 10.6 Å². The summed E-state index contributed by atoms with van der Waals surface area (Å²) in [5.41, 5.74) is 4.67. The van der Waals surface area contributed by atoms with Crippen LogP contribution in [0.25, 0.3) is 0 Å². The van der Waals surface area contributed by atoms with Gasteiger partial charge in [-0.2, -0.15) is 0 Å². The maximum absolute atomic E-state index is 11.0. The maximum atomic E-state index is 11.0. The van der Waals surface area contributed by atoms with E-state index in [0.29, 0.717) is 12.3 Å². The minimum atomic E-state index is -0.0994. The summed E-state index contributed by atoms with van der Waals surface area (Å²) in [7, 11) is 1.70. The lowest BCUT2D eigenvalue weighted by molar-refractivity contribution is -0.121. The Morgan fingerprint density at radius 3 is 2.68 bits per heavy atom. The number of hydrogen-bond acceptors (Lipinski definition) is 3. The van der Waals surface area contributed by atoms with Crippen LogP contribution >= 0.6 is 0 Å². The second kappa shape index (κ2) is 7.79. The van der Waals surface area contributed by atoms with Gasteiger partial charge in [0.25, 0.3) is 0 Å². The minimum absolute atomic E-state index is 0.0994. The second-order valence-corrected chi connectivity index (χ2v) is 5.01. The molecule has 0 aliphatic heterocycles. The van der Waals surface area contributed by atoms with Gasteiger partial charge >= 0.3 is 0 Å². The monoisotopic (exact) mass is 264 g/mol. The zero-order valence-electron chi connectivity index (χ0n) is 12.0. The average Bonchev–Trinajstić information content (AvgIpc) is 2.42. The van der Waals surface area contributed by atoms with Crippen LogP contribution in [0, 0.1) is 0 Å². The van der Waals surface area contributed by atoms with Gasteiger partial charge in [-0.05, 0) is 42.4 Å². The molecular formula is C15H24N2O2. The number of carbonyl (C=O) groups excluding carboxylic acids is 1. The first-order valence-electron chi connectivity index (χ1n) is 6.74. The normalized spacial score (nSPS) is 10.6. The number of ether oxygens (including phenoxy) is 1. The summed E-state index contributed by atoms with van der Waals surface area (Å²) >= 11 is 0. The van der Waals surface area contributed by atoms with Crippen molar-refractivity contribution in [2.75, 3.05) is 7.11 Å². The molecule has 0 unspecified atom stereocenters. The Kier molecular flexibility index (Phi) is 6.36. The molecule has 106 valence electrons. The Bertz CT molecular complexity index is 417. The Balaban J connectivity index is 2.55. The highest BCUT2D eigenvalue weighted by molar-refractivity contribution is 5.75. The fraction of sp³-hybridized carbons (Fsp3) is 0.533. The molecule has 1 aromatic carbocycles. The molecule has 0 atom stereocenters. The predicted octanol–water partition coefficient (Wildman–Crippen LogP) is 2.52. The van der Waals surface area contributed by atoms with Gasteiger partial charge < -0.3 is 4.74 Å². The molecule has 0 bridgehead atoms. The summed E-state index contributed by atoms with van der Waals surface area (Å²) in [6.07, 6.45) is 3.30. The predicted molar refractivity (Wildman–Crippen MR) is 77.0 cm³/mol. The highest BCUT2D eigenvalue weighted by Crippen LogP contribution is 2.27. The van der Waals surface area contributed by atoms with Gasteiger partial charge in [-0.3, -0.25) is 10.2 Å². The molecule has 1 aromatic rings. The van der Waals surface area contributed by atoms with Crippen molar-refractivity contribution >= 4 is 5.91 Å². The van der Waals surface area contributed by atoms with Crippen LogP contribution in [0.4, 0.5) is 0 Å². The number of benzene rings is 1. The van der Waals surface area contributed by atoms with E-state index in [1.54, 1.807) is 7.11 Å². The number of hydrazine groups is 1. The number of carbonyl (C=O) groups is 1. The third-order valence-corrected chi connectivity index (χ3v) is 3.20. The third-order valence-electron chi connectivity index (χ3n) is 3.20. The molecule has 1 amide bonds. The van der Waals surface area contributed by atoms with Crippen molar-refractivity contribution in [2.45, 2.75) is 45.4 Å². The zero-order chi connectivity index (χ0) is 14.3. The summed E-state index contributed by atoms with van der Waals surface area (Å²) in [5, 5.41) is 0. The molecule has 0 heterocycles. The summed E-state index contributed by atoms with van der Waals surface area (Å²) < 4.78 is 5.37. The van der Waals surface area contributed by atoms with Crippen molar-refractivity contribution in [2.24, 2.45) is 5.84 Å². The van der Waals surface area contributed by atoms with Gasteiger partial charge in [-0.15, -0.1) is 0 Å². The topological polar surface area (TPSA) is 64.3 Å². The van der Waals surface area contributed by atoms with Crippen molar-refractivity contribution < 1.29 is 9.53 Å². The zero-order valence-corrected chi connectivity index (χ0v) is 12.0. The van der Waals surface area contributed by atoms with Gasteiger partial charge in [0.2, 0.25) is 5.91 Å². The molecule has 19 heavy (non-hydrogen) atoms. The van der Waals surface area contributed by atoms with Crippen LogP contribution in [0.1, 0.15) is 50.2 Å². The Morgan fingerprint density at radius 2 is 2.11 bits per heavy atom. The van der Waals surface area contributed by atoms with Crippen LogP contribution in [0.3, 0.4) is 0 Å². The summed E-state index contributed by atoms with van der Waals surface area (Å²) in [4.78, 5) is 11.0. The van der Waals surface area contributed by atoms with E-state index >= 15 is 0 Å². The maximum Gasteiger partial charge on any atom is 0.233 e. The number of unbranched alkanes of at least 4 members (excludes halogenated alkanes) is 1. The van der Waals surface area contributed by atoms with Crippen molar-refractivity contribution in [3.8, 4) is 5.75 Å². The molecule has 4 heteroatoms. The number of aryl methyl sites for hydroxylation is 1. The van der Waals surface area contributed by atoms with Gasteiger partial charge in [-0.25, -0.2) is 5.84 Å². The molecule has 0 spiro atoms. The number of nitrogens with two attached hydrogens (primary N) is 1. The molecule has 0 aliphatic carbocycles. The lowest BCUT2D eigenvalue weighted by Gasteiger charge is -2.13. The van der Waals surface area contributed by atoms with E-state index in [1.807, 2.05) is 6.07 Å². The van der Waals surface area contributed by atoms with Crippen molar-refractivity contribution in [1.82, 2.24) is 5.43 Å². The molecule has 3 N–H and O–H groups in total. The van der Waals surface area contributed by atoms with Crippen molar-refractivity contribution in [3.05, 3.63) is 29.3 Å². The highest BCUT2D eigenvalue weighted by Gasteiger charge is 2.08. The number of rotatable bonds is 7. The van der Waals surface area contributed by atoms with Crippen LogP contribution in [0.5, 0.6) is 5.75 Å². The van der Waals surface area contributed by atoms with E-state index in [1.165, 1.54) is 11.1 Å². The van der Waals surface area contributed by atoms with Gasteiger partial charge in [0.1, 0.15) is 5.75 Å². The number of methoxy groups -OCH3 is 1.